The lowest BCUT2D eigenvalue weighted by molar-refractivity contribution is 0.217. The van der Waals surface area contributed by atoms with Gasteiger partial charge in [0.25, 0.3) is 0 Å². The van der Waals surface area contributed by atoms with Crippen molar-refractivity contribution in [3.63, 3.8) is 0 Å². The predicted octanol–water partition coefficient (Wildman–Crippen LogP) is 1.73. The number of hydrogen-bond acceptors (Lipinski definition) is 2. The first-order chi connectivity index (χ1) is 9.30. The van der Waals surface area contributed by atoms with E-state index in [0.29, 0.717) is 6.54 Å². The molecule has 0 radical (unpaired) electrons. The van der Waals surface area contributed by atoms with Crippen LogP contribution in [-0.4, -0.2) is 36.1 Å². The highest BCUT2D eigenvalue weighted by molar-refractivity contribution is 5.73. The van der Waals surface area contributed by atoms with Crippen molar-refractivity contribution in [1.82, 2.24) is 14.8 Å². The van der Waals surface area contributed by atoms with Crippen molar-refractivity contribution >= 4 is 6.03 Å². The topological polar surface area (TPSA) is 63.3 Å². The van der Waals surface area contributed by atoms with E-state index in [-0.39, 0.29) is 17.5 Å². The third-order valence-corrected chi connectivity index (χ3v) is 3.97. The number of carbonyl (C=O) groups is 1. The molecule has 1 heterocycles. The molecule has 1 atom stereocenters. The fraction of sp³-hybridized carbons (Fsp3) is 0.667. The molecule has 0 saturated heterocycles. The molecule has 1 aliphatic rings. The molecule has 5 heteroatoms. The molecule has 2 amide bonds. The van der Waals surface area contributed by atoms with E-state index >= 15 is 0 Å². The molecule has 1 aromatic rings. The van der Waals surface area contributed by atoms with E-state index in [2.05, 4.69) is 36.0 Å². The van der Waals surface area contributed by atoms with Crippen LogP contribution in [0.4, 0.5) is 4.79 Å². The van der Waals surface area contributed by atoms with Crippen molar-refractivity contribution in [2.75, 3.05) is 20.6 Å². The molecule has 3 N–H and O–H groups in total. The Hall–Kier alpha value is -1.49. The summed E-state index contributed by atoms with van der Waals surface area (Å²) in [7, 11) is 3.49. The second kappa shape index (κ2) is 5.48. The lowest BCUT2D eigenvalue weighted by Crippen LogP contribution is -2.36. The van der Waals surface area contributed by atoms with Gasteiger partial charge < -0.3 is 20.5 Å². The van der Waals surface area contributed by atoms with Gasteiger partial charge >= 0.3 is 6.03 Å². The van der Waals surface area contributed by atoms with Gasteiger partial charge in [-0.05, 0) is 29.9 Å². The van der Waals surface area contributed by atoms with Crippen LogP contribution < -0.4 is 11.1 Å². The highest BCUT2D eigenvalue weighted by Crippen LogP contribution is 2.39. The van der Waals surface area contributed by atoms with Crippen molar-refractivity contribution in [3.8, 4) is 0 Å². The summed E-state index contributed by atoms with van der Waals surface area (Å²) in [4.78, 5) is 13.0. The van der Waals surface area contributed by atoms with Crippen molar-refractivity contribution in [2.45, 2.75) is 39.3 Å². The number of carbonyl (C=O) groups excluding carboxylic acids is 1. The quantitative estimate of drug-likeness (QED) is 0.884. The largest absolute Gasteiger partial charge is 0.349 e. The van der Waals surface area contributed by atoms with Crippen LogP contribution in [0.1, 0.15) is 37.6 Å². The van der Waals surface area contributed by atoms with Crippen LogP contribution in [0, 0.1) is 5.41 Å². The number of nitrogens with one attached hydrogen (secondary N) is 1. The molecule has 2 rings (SSSR count). The van der Waals surface area contributed by atoms with Crippen LogP contribution in [0.5, 0.6) is 0 Å². The van der Waals surface area contributed by atoms with E-state index in [1.54, 1.807) is 19.0 Å². The molecule has 112 valence electrons. The summed E-state index contributed by atoms with van der Waals surface area (Å²) >= 11 is 0. The Morgan fingerprint density at radius 3 is 2.90 bits per heavy atom. The Balaban J connectivity index is 2.03. The zero-order valence-electron chi connectivity index (χ0n) is 12.9. The van der Waals surface area contributed by atoms with Crippen LogP contribution in [-0.2, 0) is 13.0 Å². The number of nitrogens with zero attached hydrogens (tertiary/aromatic N) is 2. The maximum absolute atomic E-state index is 11.5. The molecule has 0 aromatic carbocycles. The summed E-state index contributed by atoms with van der Waals surface area (Å²) in [5.74, 6) is 0. The molecule has 0 spiro atoms. The number of rotatable bonds is 3. The van der Waals surface area contributed by atoms with Gasteiger partial charge in [-0.3, -0.25) is 0 Å². The highest BCUT2D eigenvalue weighted by Gasteiger charge is 2.32. The van der Waals surface area contributed by atoms with E-state index in [1.165, 1.54) is 11.3 Å². The lowest BCUT2D eigenvalue weighted by atomic mass is 9.74. The number of amides is 2. The van der Waals surface area contributed by atoms with E-state index in [9.17, 15) is 4.79 Å². The van der Waals surface area contributed by atoms with Crippen LogP contribution in [0.3, 0.4) is 0 Å². The van der Waals surface area contributed by atoms with Gasteiger partial charge in [-0.2, -0.15) is 0 Å². The SMILES string of the molecule is CN(C)C(=O)NCCn1ccc2c1CC(C)(C)CC2N. The molecule has 0 fully saturated rings. The Morgan fingerprint density at radius 1 is 1.55 bits per heavy atom. The van der Waals surface area contributed by atoms with Crippen molar-refractivity contribution in [1.29, 1.82) is 0 Å². The van der Waals surface area contributed by atoms with Gasteiger partial charge in [0, 0.05) is 45.1 Å². The number of fused-ring (bicyclic) bond motifs is 1. The molecule has 1 aromatic heterocycles. The average molecular weight is 278 g/mol. The molecular formula is C15H26N4O. The van der Waals surface area contributed by atoms with Crippen LogP contribution >= 0.6 is 0 Å². The summed E-state index contributed by atoms with van der Waals surface area (Å²) in [5, 5.41) is 2.89. The van der Waals surface area contributed by atoms with Gasteiger partial charge in [-0.1, -0.05) is 13.8 Å². The molecule has 0 aliphatic heterocycles. The fourth-order valence-corrected chi connectivity index (χ4v) is 2.95. The second-order valence-electron chi connectivity index (χ2n) is 6.69. The molecule has 20 heavy (non-hydrogen) atoms. The van der Waals surface area contributed by atoms with Gasteiger partial charge in [-0.25, -0.2) is 4.79 Å². The fourth-order valence-electron chi connectivity index (χ4n) is 2.95. The van der Waals surface area contributed by atoms with E-state index in [1.807, 2.05) is 0 Å². The zero-order chi connectivity index (χ0) is 14.9. The minimum Gasteiger partial charge on any atom is -0.349 e. The number of hydrogen-bond donors (Lipinski definition) is 2. The normalized spacial score (nSPS) is 20.4. The summed E-state index contributed by atoms with van der Waals surface area (Å²) in [5.41, 5.74) is 9.10. The van der Waals surface area contributed by atoms with E-state index in [4.69, 9.17) is 5.73 Å². The van der Waals surface area contributed by atoms with Gasteiger partial charge in [0.05, 0.1) is 0 Å². The molecule has 1 aliphatic carbocycles. The number of aromatic nitrogens is 1. The van der Waals surface area contributed by atoms with Crippen molar-refractivity contribution in [3.05, 3.63) is 23.5 Å². The third kappa shape index (κ3) is 3.15. The van der Waals surface area contributed by atoms with Gasteiger partial charge in [0.1, 0.15) is 0 Å². The Morgan fingerprint density at radius 2 is 2.25 bits per heavy atom. The zero-order valence-corrected chi connectivity index (χ0v) is 12.9. The van der Waals surface area contributed by atoms with Crippen LogP contribution in [0.25, 0.3) is 0 Å². The molecule has 0 saturated carbocycles. The Bertz CT molecular complexity index is 490. The second-order valence-corrected chi connectivity index (χ2v) is 6.69. The minimum atomic E-state index is -0.0527. The van der Waals surface area contributed by atoms with Crippen molar-refractivity contribution in [2.24, 2.45) is 11.1 Å². The van der Waals surface area contributed by atoms with Gasteiger partial charge in [0.15, 0.2) is 0 Å². The summed E-state index contributed by atoms with van der Waals surface area (Å²) in [6.45, 7) is 5.95. The summed E-state index contributed by atoms with van der Waals surface area (Å²) < 4.78 is 2.23. The van der Waals surface area contributed by atoms with Gasteiger partial charge in [-0.15, -0.1) is 0 Å². The van der Waals surface area contributed by atoms with Crippen LogP contribution in [0.2, 0.25) is 0 Å². The third-order valence-electron chi connectivity index (χ3n) is 3.97. The molecule has 0 bridgehead atoms. The first-order valence-electron chi connectivity index (χ1n) is 7.19. The molecular weight excluding hydrogens is 252 g/mol. The molecule has 1 unspecified atom stereocenters. The first-order valence-corrected chi connectivity index (χ1v) is 7.19. The highest BCUT2D eigenvalue weighted by atomic mass is 16.2. The number of nitrogens with two attached hydrogens (primary N) is 1. The molecule has 5 nitrogen and oxygen atoms in total. The first kappa shape index (κ1) is 14.9. The Kier molecular flexibility index (Phi) is 4.09. The van der Waals surface area contributed by atoms with E-state index < -0.39 is 0 Å². The summed E-state index contributed by atoms with van der Waals surface area (Å²) in [6.07, 6.45) is 4.17. The van der Waals surface area contributed by atoms with E-state index in [0.717, 1.165) is 19.4 Å². The summed E-state index contributed by atoms with van der Waals surface area (Å²) in [6, 6.07) is 2.21. The maximum Gasteiger partial charge on any atom is 0.316 e. The average Bonchev–Trinajstić information content (AvgIpc) is 2.70. The smallest absolute Gasteiger partial charge is 0.316 e. The predicted molar refractivity (Wildman–Crippen MR) is 80.5 cm³/mol. The number of urea groups is 1. The van der Waals surface area contributed by atoms with Crippen molar-refractivity contribution < 1.29 is 4.79 Å². The van der Waals surface area contributed by atoms with Crippen LogP contribution in [0.15, 0.2) is 12.3 Å². The van der Waals surface area contributed by atoms with Gasteiger partial charge in [0.2, 0.25) is 0 Å². The standard InChI is InChI=1S/C15H26N4O/c1-15(2)9-12(16)11-5-7-19(13(11)10-15)8-6-17-14(20)18(3)4/h5,7,12H,6,8-10,16H2,1-4H3,(H,17,20). The lowest BCUT2D eigenvalue weighted by Gasteiger charge is -2.34. The minimum absolute atomic E-state index is 0.0527. The Labute approximate surface area is 121 Å². The maximum atomic E-state index is 11.5. The monoisotopic (exact) mass is 278 g/mol.